The minimum atomic E-state index is -0.162. The molecular weight excluding hydrogens is 220 g/mol. The predicted octanol–water partition coefficient (Wildman–Crippen LogP) is 2.48. The number of aryl methyl sites for hydroxylation is 1. The molecule has 0 aliphatic rings. The number of aromatic hydroxyl groups is 4. The third-order valence-corrected chi connectivity index (χ3v) is 2.56. The summed E-state index contributed by atoms with van der Waals surface area (Å²) in [4.78, 5) is 0. The fraction of sp³-hybridized carbons (Fsp3) is 0.0769. The number of phenols is 4. The third-order valence-electron chi connectivity index (χ3n) is 2.56. The number of rotatable bonds is 1. The second-order valence-electron chi connectivity index (χ2n) is 3.86. The summed E-state index contributed by atoms with van der Waals surface area (Å²) < 4.78 is 0. The van der Waals surface area contributed by atoms with Gasteiger partial charge in [0.15, 0.2) is 0 Å². The highest BCUT2D eigenvalue weighted by atomic mass is 16.3. The summed E-state index contributed by atoms with van der Waals surface area (Å²) in [5.74, 6) is -0.237. The van der Waals surface area contributed by atoms with E-state index in [-0.39, 0.29) is 23.0 Å². The lowest BCUT2D eigenvalue weighted by atomic mass is 10.0. The Balaban J connectivity index is 2.68. The lowest BCUT2D eigenvalue weighted by molar-refractivity contribution is 0.448. The van der Waals surface area contributed by atoms with Gasteiger partial charge in [-0.3, -0.25) is 0 Å². The fourth-order valence-electron chi connectivity index (χ4n) is 1.71. The van der Waals surface area contributed by atoms with E-state index in [1.807, 2.05) is 0 Å². The zero-order chi connectivity index (χ0) is 12.6. The SMILES string of the molecule is Cc1cc(O)cc(-c2ccc(O)cc2O)c1O. The van der Waals surface area contributed by atoms with Gasteiger partial charge >= 0.3 is 0 Å². The van der Waals surface area contributed by atoms with Crippen LogP contribution >= 0.6 is 0 Å². The number of phenolic OH excluding ortho intramolecular Hbond substituents is 4. The Morgan fingerprint density at radius 3 is 2.12 bits per heavy atom. The van der Waals surface area contributed by atoms with Gasteiger partial charge in [-0.15, -0.1) is 0 Å². The Morgan fingerprint density at radius 1 is 0.765 bits per heavy atom. The van der Waals surface area contributed by atoms with Gasteiger partial charge in [-0.25, -0.2) is 0 Å². The van der Waals surface area contributed by atoms with Gasteiger partial charge in [0.1, 0.15) is 23.0 Å². The van der Waals surface area contributed by atoms with Crippen molar-refractivity contribution in [3.05, 3.63) is 35.9 Å². The second-order valence-corrected chi connectivity index (χ2v) is 3.86. The second kappa shape index (κ2) is 3.90. The van der Waals surface area contributed by atoms with E-state index >= 15 is 0 Å². The summed E-state index contributed by atoms with van der Waals surface area (Å²) in [5.41, 5.74) is 1.17. The van der Waals surface area contributed by atoms with Crippen molar-refractivity contribution >= 4 is 0 Å². The zero-order valence-electron chi connectivity index (χ0n) is 9.18. The van der Waals surface area contributed by atoms with Crippen LogP contribution in [0.5, 0.6) is 23.0 Å². The average molecular weight is 232 g/mol. The third kappa shape index (κ3) is 1.97. The molecule has 0 radical (unpaired) electrons. The van der Waals surface area contributed by atoms with E-state index in [9.17, 15) is 20.4 Å². The molecular formula is C13H12O4. The molecule has 4 N–H and O–H groups in total. The van der Waals surface area contributed by atoms with Crippen LogP contribution in [0, 0.1) is 6.92 Å². The topological polar surface area (TPSA) is 80.9 Å². The van der Waals surface area contributed by atoms with Gasteiger partial charge in [-0.1, -0.05) is 0 Å². The van der Waals surface area contributed by atoms with Crippen molar-refractivity contribution in [1.82, 2.24) is 0 Å². The first kappa shape index (κ1) is 11.1. The van der Waals surface area contributed by atoms with Crippen LogP contribution in [0.4, 0.5) is 0 Å². The minimum Gasteiger partial charge on any atom is -0.508 e. The zero-order valence-corrected chi connectivity index (χ0v) is 9.18. The van der Waals surface area contributed by atoms with Crippen molar-refractivity contribution in [3.63, 3.8) is 0 Å². The molecule has 0 atom stereocenters. The normalized spacial score (nSPS) is 10.4. The Morgan fingerprint density at radius 2 is 1.47 bits per heavy atom. The Hall–Kier alpha value is -2.36. The predicted molar refractivity (Wildman–Crippen MR) is 63.3 cm³/mol. The summed E-state index contributed by atoms with van der Waals surface area (Å²) in [7, 11) is 0. The van der Waals surface area contributed by atoms with Crippen molar-refractivity contribution in [2.24, 2.45) is 0 Å². The summed E-state index contributed by atoms with van der Waals surface area (Å²) in [6.45, 7) is 1.65. The minimum absolute atomic E-state index is 0.00257. The monoisotopic (exact) mass is 232 g/mol. The van der Waals surface area contributed by atoms with E-state index in [1.54, 1.807) is 6.92 Å². The maximum atomic E-state index is 9.88. The highest BCUT2D eigenvalue weighted by Gasteiger charge is 2.12. The van der Waals surface area contributed by atoms with Crippen LogP contribution in [-0.4, -0.2) is 20.4 Å². The smallest absolute Gasteiger partial charge is 0.127 e. The molecule has 0 aromatic heterocycles. The van der Waals surface area contributed by atoms with E-state index in [1.165, 1.54) is 30.3 Å². The molecule has 17 heavy (non-hydrogen) atoms. The lowest BCUT2D eigenvalue weighted by Gasteiger charge is -2.10. The van der Waals surface area contributed by atoms with E-state index in [2.05, 4.69) is 0 Å². The largest absolute Gasteiger partial charge is 0.508 e. The van der Waals surface area contributed by atoms with Crippen LogP contribution in [-0.2, 0) is 0 Å². The molecule has 4 nitrogen and oxygen atoms in total. The van der Waals surface area contributed by atoms with Crippen molar-refractivity contribution < 1.29 is 20.4 Å². The van der Waals surface area contributed by atoms with Gasteiger partial charge in [0, 0.05) is 17.2 Å². The first-order valence-corrected chi connectivity index (χ1v) is 5.04. The first-order valence-electron chi connectivity index (χ1n) is 5.04. The Labute approximate surface area is 98.0 Å². The first-order chi connectivity index (χ1) is 7.99. The van der Waals surface area contributed by atoms with Gasteiger partial charge in [-0.05, 0) is 36.8 Å². The van der Waals surface area contributed by atoms with Crippen LogP contribution in [0.2, 0.25) is 0 Å². The molecule has 0 aliphatic heterocycles. The number of hydrogen-bond donors (Lipinski definition) is 4. The summed E-state index contributed by atoms with van der Waals surface area (Å²) in [5, 5.41) is 38.3. The molecule has 2 aromatic rings. The number of benzene rings is 2. The summed E-state index contributed by atoms with van der Waals surface area (Å²) >= 11 is 0. The molecule has 0 saturated heterocycles. The van der Waals surface area contributed by atoms with Crippen molar-refractivity contribution in [2.75, 3.05) is 0 Å². The van der Waals surface area contributed by atoms with Crippen LogP contribution in [0.3, 0.4) is 0 Å². The van der Waals surface area contributed by atoms with Crippen molar-refractivity contribution in [3.8, 4) is 34.1 Å². The summed E-state index contributed by atoms with van der Waals surface area (Å²) in [6.07, 6.45) is 0. The Bertz CT molecular complexity index is 576. The summed E-state index contributed by atoms with van der Waals surface area (Å²) in [6, 6.07) is 6.82. The van der Waals surface area contributed by atoms with E-state index < -0.39 is 0 Å². The molecule has 0 heterocycles. The molecule has 0 saturated carbocycles. The Kier molecular flexibility index (Phi) is 2.55. The highest BCUT2D eigenvalue weighted by molar-refractivity contribution is 5.78. The van der Waals surface area contributed by atoms with Crippen LogP contribution in [0.1, 0.15) is 5.56 Å². The van der Waals surface area contributed by atoms with E-state index in [4.69, 9.17) is 0 Å². The van der Waals surface area contributed by atoms with Gasteiger partial charge < -0.3 is 20.4 Å². The molecule has 88 valence electrons. The molecule has 0 aliphatic carbocycles. The maximum absolute atomic E-state index is 9.88. The lowest BCUT2D eigenvalue weighted by Crippen LogP contribution is -1.84. The highest BCUT2D eigenvalue weighted by Crippen LogP contribution is 2.40. The van der Waals surface area contributed by atoms with Crippen LogP contribution < -0.4 is 0 Å². The molecule has 2 rings (SSSR count). The standard InChI is InChI=1S/C13H12O4/c1-7-4-9(15)5-11(13(7)17)10-3-2-8(14)6-12(10)16/h2-6,14-17H,1H3. The van der Waals surface area contributed by atoms with Crippen LogP contribution in [0.15, 0.2) is 30.3 Å². The molecule has 0 bridgehead atoms. The molecule has 0 fully saturated rings. The van der Waals surface area contributed by atoms with E-state index in [0.29, 0.717) is 16.7 Å². The van der Waals surface area contributed by atoms with Gasteiger partial charge in [0.2, 0.25) is 0 Å². The molecule has 0 amide bonds. The average Bonchev–Trinajstić information content (AvgIpc) is 2.24. The number of hydrogen-bond acceptors (Lipinski definition) is 4. The van der Waals surface area contributed by atoms with Crippen LogP contribution in [0.25, 0.3) is 11.1 Å². The van der Waals surface area contributed by atoms with Gasteiger partial charge in [0.05, 0.1) is 0 Å². The molecule has 4 heteroatoms. The van der Waals surface area contributed by atoms with Gasteiger partial charge in [-0.2, -0.15) is 0 Å². The fourth-order valence-corrected chi connectivity index (χ4v) is 1.71. The van der Waals surface area contributed by atoms with Crippen molar-refractivity contribution in [2.45, 2.75) is 6.92 Å². The molecule has 0 unspecified atom stereocenters. The molecule has 0 spiro atoms. The maximum Gasteiger partial charge on any atom is 0.127 e. The van der Waals surface area contributed by atoms with Crippen molar-refractivity contribution in [1.29, 1.82) is 0 Å². The van der Waals surface area contributed by atoms with Gasteiger partial charge in [0.25, 0.3) is 0 Å². The van der Waals surface area contributed by atoms with E-state index in [0.717, 1.165) is 0 Å². The quantitative estimate of drug-likeness (QED) is 0.569. The molecule has 2 aromatic carbocycles.